The molecule has 0 radical (unpaired) electrons. The Balaban J connectivity index is 2.63. The van der Waals surface area contributed by atoms with Crippen molar-refractivity contribution in [1.29, 1.82) is 0 Å². The van der Waals surface area contributed by atoms with Gasteiger partial charge in [0.2, 0.25) is 5.82 Å². The Morgan fingerprint density at radius 1 is 1.38 bits per heavy atom. The van der Waals surface area contributed by atoms with Crippen molar-refractivity contribution >= 4 is 32.7 Å². The lowest BCUT2D eigenvalue weighted by molar-refractivity contribution is -0.144. The van der Waals surface area contributed by atoms with Crippen LogP contribution in [0.25, 0.3) is 11.0 Å². The van der Waals surface area contributed by atoms with Crippen LogP contribution in [0.2, 0.25) is 0 Å². The first kappa shape index (κ1) is 11.3. The molecule has 1 heterocycles. The van der Waals surface area contributed by atoms with Crippen molar-refractivity contribution in [3.05, 3.63) is 22.4 Å². The fraction of sp³-hybridized carbons (Fsp3) is 0.222. The Hall–Kier alpha value is -1.24. The molecule has 2 aromatic rings. The maximum absolute atomic E-state index is 12.4. The highest BCUT2D eigenvalue weighted by molar-refractivity contribution is 9.10. The maximum Gasteiger partial charge on any atom is 0.449 e. The van der Waals surface area contributed by atoms with Crippen LogP contribution in [0.3, 0.4) is 0 Å². The second-order valence-electron chi connectivity index (χ2n) is 3.18. The van der Waals surface area contributed by atoms with Crippen molar-refractivity contribution in [2.45, 2.75) is 6.18 Å². The molecule has 86 valence electrons. The normalized spacial score (nSPS) is 12.1. The number of aromatic amines is 1. The van der Waals surface area contributed by atoms with Gasteiger partial charge < -0.3 is 10.3 Å². The van der Waals surface area contributed by atoms with Crippen LogP contribution in [0.1, 0.15) is 5.82 Å². The largest absolute Gasteiger partial charge is 0.449 e. The lowest BCUT2D eigenvalue weighted by atomic mass is 10.3. The minimum atomic E-state index is -4.45. The summed E-state index contributed by atoms with van der Waals surface area (Å²) in [6, 6.07) is 3.11. The summed E-state index contributed by atoms with van der Waals surface area (Å²) in [4.78, 5) is 5.73. The number of aromatic nitrogens is 2. The van der Waals surface area contributed by atoms with E-state index in [-0.39, 0.29) is 5.52 Å². The number of nitrogens with zero attached hydrogens (tertiary/aromatic N) is 1. The highest BCUT2D eigenvalue weighted by Gasteiger charge is 2.34. The molecule has 0 bridgehead atoms. The van der Waals surface area contributed by atoms with Crippen LogP contribution in [0.4, 0.5) is 18.9 Å². The topological polar surface area (TPSA) is 40.7 Å². The Labute approximate surface area is 97.2 Å². The van der Waals surface area contributed by atoms with Gasteiger partial charge in [-0.25, -0.2) is 4.98 Å². The molecule has 2 N–H and O–H groups in total. The number of fused-ring (bicyclic) bond motifs is 1. The molecule has 2 rings (SSSR count). The second-order valence-corrected chi connectivity index (χ2v) is 4.04. The Bertz CT molecular complexity index is 533. The first-order chi connectivity index (χ1) is 7.41. The predicted octanol–water partition coefficient (Wildman–Crippen LogP) is 3.39. The van der Waals surface area contributed by atoms with Gasteiger partial charge in [0.05, 0.1) is 16.7 Å². The third kappa shape index (κ3) is 1.87. The third-order valence-corrected chi connectivity index (χ3v) is 2.76. The summed E-state index contributed by atoms with van der Waals surface area (Å²) >= 11 is 3.25. The molecule has 0 saturated heterocycles. The fourth-order valence-corrected chi connectivity index (χ4v) is 1.90. The Kier molecular flexibility index (Phi) is 2.57. The third-order valence-electron chi connectivity index (χ3n) is 2.11. The highest BCUT2D eigenvalue weighted by Crippen LogP contribution is 2.32. The molecule has 0 unspecified atom stereocenters. The van der Waals surface area contributed by atoms with Crippen LogP contribution in [0.5, 0.6) is 0 Å². The number of imidazole rings is 1. The number of hydrogen-bond acceptors (Lipinski definition) is 2. The van der Waals surface area contributed by atoms with Crippen LogP contribution in [-0.4, -0.2) is 17.0 Å². The van der Waals surface area contributed by atoms with Gasteiger partial charge in [-0.05, 0) is 28.1 Å². The molecule has 0 saturated carbocycles. The first-order valence-electron chi connectivity index (χ1n) is 4.36. The Morgan fingerprint density at radius 2 is 2.06 bits per heavy atom. The van der Waals surface area contributed by atoms with Gasteiger partial charge in [-0.1, -0.05) is 0 Å². The zero-order valence-corrected chi connectivity index (χ0v) is 9.70. The van der Waals surface area contributed by atoms with E-state index in [1.807, 2.05) is 0 Å². The van der Waals surface area contributed by atoms with Gasteiger partial charge in [-0.15, -0.1) is 0 Å². The molecule has 0 aliphatic carbocycles. The molecule has 7 heteroatoms. The molecule has 1 aromatic carbocycles. The second kappa shape index (κ2) is 3.65. The first-order valence-corrected chi connectivity index (χ1v) is 5.15. The van der Waals surface area contributed by atoms with Gasteiger partial charge in [0.15, 0.2) is 0 Å². The summed E-state index contributed by atoms with van der Waals surface area (Å²) < 4.78 is 37.8. The van der Waals surface area contributed by atoms with Crippen LogP contribution in [0.15, 0.2) is 16.6 Å². The van der Waals surface area contributed by atoms with Gasteiger partial charge in [0, 0.05) is 11.5 Å². The summed E-state index contributed by atoms with van der Waals surface area (Å²) in [7, 11) is 1.68. The van der Waals surface area contributed by atoms with Crippen molar-refractivity contribution in [2.24, 2.45) is 0 Å². The van der Waals surface area contributed by atoms with E-state index >= 15 is 0 Å². The number of nitrogens with one attached hydrogen (secondary N) is 2. The average molecular weight is 294 g/mol. The molecule has 0 aliphatic rings. The van der Waals surface area contributed by atoms with Crippen LogP contribution >= 0.6 is 15.9 Å². The number of rotatable bonds is 1. The van der Waals surface area contributed by atoms with Crippen LogP contribution in [-0.2, 0) is 6.18 Å². The van der Waals surface area contributed by atoms with Gasteiger partial charge >= 0.3 is 6.18 Å². The molecule has 16 heavy (non-hydrogen) atoms. The van der Waals surface area contributed by atoms with Gasteiger partial charge in [0.25, 0.3) is 0 Å². The van der Waals surface area contributed by atoms with Crippen LogP contribution < -0.4 is 5.32 Å². The van der Waals surface area contributed by atoms with Crippen molar-refractivity contribution in [2.75, 3.05) is 12.4 Å². The SMILES string of the molecule is CNc1cc2nc(C(F)(F)F)[nH]c2cc1Br. The predicted molar refractivity (Wildman–Crippen MR) is 58.3 cm³/mol. The van der Waals surface area contributed by atoms with E-state index < -0.39 is 12.0 Å². The number of anilines is 1. The summed E-state index contributed by atoms with van der Waals surface area (Å²) in [5.74, 6) is -0.984. The smallest absolute Gasteiger partial charge is 0.387 e. The summed E-state index contributed by atoms with van der Waals surface area (Å²) in [5, 5.41) is 2.85. The zero-order chi connectivity index (χ0) is 11.9. The molecular formula is C9H7BrF3N3. The standard InChI is InChI=1S/C9H7BrF3N3/c1-14-5-3-7-6(2-4(5)10)15-8(16-7)9(11,12)13/h2-3,14H,1H3,(H,15,16). The molecule has 1 aromatic heterocycles. The quantitative estimate of drug-likeness (QED) is 0.846. The van der Waals surface area contributed by atoms with E-state index in [0.29, 0.717) is 15.7 Å². The van der Waals surface area contributed by atoms with Gasteiger partial charge in [-0.3, -0.25) is 0 Å². The van der Waals surface area contributed by atoms with Gasteiger partial charge in [0.1, 0.15) is 0 Å². The fourth-order valence-electron chi connectivity index (χ4n) is 1.36. The van der Waals surface area contributed by atoms with Crippen LogP contribution in [0, 0.1) is 0 Å². The molecule has 3 nitrogen and oxygen atoms in total. The summed E-state index contributed by atoms with van der Waals surface area (Å²) in [6.07, 6.45) is -4.45. The molecule has 0 spiro atoms. The minimum absolute atomic E-state index is 0.278. The minimum Gasteiger partial charge on any atom is -0.387 e. The van der Waals surface area contributed by atoms with Crippen molar-refractivity contribution in [1.82, 2.24) is 9.97 Å². The number of halogens is 4. The summed E-state index contributed by atoms with van der Waals surface area (Å²) in [6.45, 7) is 0. The van der Waals surface area contributed by atoms with Crippen molar-refractivity contribution < 1.29 is 13.2 Å². The van der Waals surface area contributed by atoms with Crippen molar-refractivity contribution in [3.63, 3.8) is 0 Å². The number of hydrogen-bond donors (Lipinski definition) is 2. The molecular weight excluding hydrogens is 287 g/mol. The number of H-pyrrole nitrogens is 1. The van der Waals surface area contributed by atoms with E-state index in [4.69, 9.17) is 0 Å². The zero-order valence-electron chi connectivity index (χ0n) is 8.11. The average Bonchev–Trinajstić information content (AvgIpc) is 2.58. The number of benzene rings is 1. The van der Waals surface area contributed by atoms with Crippen molar-refractivity contribution in [3.8, 4) is 0 Å². The molecule has 0 fully saturated rings. The van der Waals surface area contributed by atoms with Gasteiger partial charge in [-0.2, -0.15) is 13.2 Å². The lowest BCUT2D eigenvalue weighted by Gasteiger charge is -2.01. The van der Waals surface area contributed by atoms with E-state index in [0.717, 1.165) is 0 Å². The summed E-state index contributed by atoms with van der Waals surface area (Å²) in [5.41, 5.74) is 1.31. The van der Waals surface area contributed by atoms with E-state index in [2.05, 4.69) is 31.2 Å². The molecule has 0 aliphatic heterocycles. The van der Waals surface area contributed by atoms with E-state index in [9.17, 15) is 13.2 Å². The maximum atomic E-state index is 12.4. The molecule has 0 atom stereocenters. The Morgan fingerprint density at radius 3 is 2.62 bits per heavy atom. The van der Waals surface area contributed by atoms with E-state index in [1.165, 1.54) is 0 Å². The highest BCUT2D eigenvalue weighted by atomic mass is 79.9. The lowest BCUT2D eigenvalue weighted by Crippen LogP contribution is -2.06. The number of alkyl halides is 3. The molecule has 0 amide bonds. The monoisotopic (exact) mass is 293 g/mol. The van der Waals surface area contributed by atoms with E-state index in [1.54, 1.807) is 19.2 Å².